The summed E-state index contributed by atoms with van der Waals surface area (Å²) in [4.78, 5) is 4.35. The number of anilines is 1. The van der Waals surface area contributed by atoms with E-state index in [1.165, 1.54) is 0 Å². The Bertz CT molecular complexity index is 826. The fourth-order valence-electron chi connectivity index (χ4n) is 2.13. The third kappa shape index (κ3) is 2.83. The molecule has 22 heavy (non-hydrogen) atoms. The average Bonchev–Trinajstić information content (AvgIpc) is 2.57. The number of hydrogen-bond donors (Lipinski definition) is 2. The van der Waals surface area contributed by atoms with Crippen LogP contribution < -0.4 is 10.2 Å². The summed E-state index contributed by atoms with van der Waals surface area (Å²) in [6.07, 6.45) is 3.28. The summed E-state index contributed by atoms with van der Waals surface area (Å²) in [6.45, 7) is 0. The smallest absolute Gasteiger partial charge is 0.124 e. The van der Waals surface area contributed by atoms with E-state index >= 15 is 0 Å². The van der Waals surface area contributed by atoms with Gasteiger partial charge in [-0.2, -0.15) is 5.10 Å². The van der Waals surface area contributed by atoms with Crippen molar-refractivity contribution in [1.82, 2.24) is 4.98 Å². The van der Waals surface area contributed by atoms with Crippen molar-refractivity contribution in [1.29, 1.82) is 0 Å². The molecule has 0 unspecified atom stereocenters. The van der Waals surface area contributed by atoms with Crippen LogP contribution in [0.1, 0.15) is 5.56 Å². The molecule has 2 N–H and O–H groups in total. The number of pyridine rings is 1. The molecule has 3 aromatic rings. The summed E-state index contributed by atoms with van der Waals surface area (Å²) < 4.78 is 5.13. The van der Waals surface area contributed by atoms with Crippen molar-refractivity contribution in [2.75, 3.05) is 12.5 Å². The Morgan fingerprint density at radius 2 is 2.05 bits per heavy atom. The van der Waals surface area contributed by atoms with Crippen molar-refractivity contribution in [2.24, 2.45) is 5.10 Å². The average molecular weight is 293 g/mol. The fourth-order valence-corrected chi connectivity index (χ4v) is 2.13. The Morgan fingerprint density at radius 1 is 1.18 bits per heavy atom. The third-order valence-electron chi connectivity index (χ3n) is 3.26. The quantitative estimate of drug-likeness (QED) is 0.571. The molecule has 3 rings (SSSR count). The second kappa shape index (κ2) is 6.13. The predicted octanol–water partition coefficient (Wildman–Crippen LogP) is 3.40. The molecule has 0 atom stereocenters. The van der Waals surface area contributed by atoms with Crippen LogP contribution in [0.25, 0.3) is 10.9 Å². The number of aromatic nitrogens is 1. The number of ether oxygens (including phenoxy) is 1. The van der Waals surface area contributed by atoms with Gasteiger partial charge in [0.1, 0.15) is 11.5 Å². The number of hydrazone groups is 1. The summed E-state index contributed by atoms with van der Waals surface area (Å²) in [5.41, 5.74) is 5.17. The standard InChI is InChI=1S/C17H15N3O2/c1-22-14-7-8-16(21)13(10-14)11-19-20-15-6-2-4-12-5-3-9-18-17(12)15/h2-11,20-21H,1H3/b19-11-. The van der Waals surface area contributed by atoms with Gasteiger partial charge in [0.05, 0.1) is 24.5 Å². The van der Waals surface area contributed by atoms with E-state index in [-0.39, 0.29) is 5.75 Å². The van der Waals surface area contributed by atoms with E-state index in [2.05, 4.69) is 15.5 Å². The maximum atomic E-state index is 9.81. The Hall–Kier alpha value is -3.08. The Kier molecular flexibility index (Phi) is 3.87. The van der Waals surface area contributed by atoms with Crippen LogP contribution in [0, 0.1) is 0 Å². The molecule has 0 saturated heterocycles. The first-order valence-electron chi connectivity index (χ1n) is 6.78. The number of fused-ring (bicyclic) bond motifs is 1. The fraction of sp³-hybridized carbons (Fsp3) is 0.0588. The first-order chi connectivity index (χ1) is 10.8. The highest BCUT2D eigenvalue weighted by Gasteiger charge is 2.02. The lowest BCUT2D eigenvalue weighted by molar-refractivity contribution is 0.412. The molecule has 0 radical (unpaired) electrons. The van der Waals surface area contributed by atoms with E-state index < -0.39 is 0 Å². The van der Waals surface area contributed by atoms with Crippen LogP contribution in [0.4, 0.5) is 5.69 Å². The molecule has 5 nitrogen and oxygen atoms in total. The van der Waals surface area contributed by atoms with Crippen LogP contribution in [-0.2, 0) is 0 Å². The molecule has 110 valence electrons. The molecule has 5 heteroatoms. The van der Waals surface area contributed by atoms with Crippen LogP contribution in [0.2, 0.25) is 0 Å². The van der Waals surface area contributed by atoms with Crippen LogP contribution >= 0.6 is 0 Å². The second-order valence-corrected chi connectivity index (χ2v) is 4.68. The lowest BCUT2D eigenvalue weighted by Crippen LogP contribution is -1.94. The molecular formula is C17H15N3O2. The molecule has 0 aliphatic rings. The Labute approximate surface area is 127 Å². The number of nitrogens with zero attached hydrogens (tertiary/aromatic N) is 2. The number of methoxy groups -OCH3 is 1. The zero-order chi connectivity index (χ0) is 15.4. The lowest BCUT2D eigenvalue weighted by Gasteiger charge is -2.05. The highest BCUT2D eigenvalue weighted by Crippen LogP contribution is 2.22. The molecule has 2 aromatic carbocycles. The normalized spacial score (nSPS) is 11.0. The maximum absolute atomic E-state index is 9.81. The highest BCUT2D eigenvalue weighted by molar-refractivity contribution is 5.91. The molecule has 0 bridgehead atoms. The number of benzene rings is 2. The Morgan fingerprint density at radius 3 is 2.91 bits per heavy atom. The minimum Gasteiger partial charge on any atom is -0.507 e. The van der Waals surface area contributed by atoms with Crippen molar-refractivity contribution < 1.29 is 9.84 Å². The summed E-state index contributed by atoms with van der Waals surface area (Å²) in [7, 11) is 1.58. The summed E-state index contributed by atoms with van der Waals surface area (Å²) >= 11 is 0. The molecule has 0 fully saturated rings. The predicted molar refractivity (Wildman–Crippen MR) is 87.6 cm³/mol. The van der Waals surface area contributed by atoms with Gasteiger partial charge in [-0.1, -0.05) is 18.2 Å². The van der Waals surface area contributed by atoms with Gasteiger partial charge in [-0.15, -0.1) is 0 Å². The van der Waals surface area contributed by atoms with Gasteiger partial charge >= 0.3 is 0 Å². The van der Waals surface area contributed by atoms with Crippen LogP contribution in [0.3, 0.4) is 0 Å². The third-order valence-corrected chi connectivity index (χ3v) is 3.26. The van der Waals surface area contributed by atoms with Gasteiger partial charge in [0.15, 0.2) is 0 Å². The largest absolute Gasteiger partial charge is 0.507 e. The van der Waals surface area contributed by atoms with Crippen molar-refractivity contribution in [3.8, 4) is 11.5 Å². The van der Waals surface area contributed by atoms with Crippen molar-refractivity contribution in [2.45, 2.75) is 0 Å². The van der Waals surface area contributed by atoms with Gasteiger partial charge in [-0.3, -0.25) is 10.4 Å². The van der Waals surface area contributed by atoms with E-state index in [0.717, 1.165) is 16.6 Å². The molecular weight excluding hydrogens is 278 g/mol. The van der Waals surface area contributed by atoms with Crippen molar-refractivity contribution in [3.05, 3.63) is 60.3 Å². The number of hydrogen-bond acceptors (Lipinski definition) is 5. The Balaban J connectivity index is 1.85. The van der Waals surface area contributed by atoms with Gasteiger partial charge in [-0.25, -0.2) is 0 Å². The summed E-state index contributed by atoms with van der Waals surface area (Å²) in [5.74, 6) is 0.800. The topological polar surface area (TPSA) is 66.7 Å². The SMILES string of the molecule is COc1ccc(O)c(/C=N\Nc2cccc3cccnc23)c1. The van der Waals surface area contributed by atoms with Crippen LogP contribution in [0.5, 0.6) is 11.5 Å². The number of para-hydroxylation sites is 1. The number of phenols is 1. The van der Waals surface area contributed by atoms with Gasteiger partial charge < -0.3 is 9.84 Å². The monoisotopic (exact) mass is 293 g/mol. The minimum absolute atomic E-state index is 0.141. The van der Waals surface area contributed by atoms with E-state index in [4.69, 9.17) is 4.74 Å². The lowest BCUT2D eigenvalue weighted by atomic mass is 10.2. The van der Waals surface area contributed by atoms with Crippen molar-refractivity contribution in [3.63, 3.8) is 0 Å². The number of nitrogens with one attached hydrogen (secondary N) is 1. The molecule has 1 aromatic heterocycles. The second-order valence-electron chi connectivity index (χ2n) is 4.68. The van der Waals surface area contributed by atoms with E-state index in [1.54, 1.807) is 37.7 Å². The number of rotatable bonds is 4. The summed E-state index contributed by atoms with van der Waals surface area (Å²) in [6, 6.07) is 14.7. The van der Waals surface area contributed by atoms with Gasteiger partial charge in [-0.05, 0) is 30.3 Å². The van der Waals surface area contributed by atoms with Gasteiger partial charge in [0.2, 0.25) is 0 Å². The van der Waals surface area contributed by atoms with E-state index in [9.17, 15) is 5.11 Å². The number of aromatic hydroxyl groups is 1. The van der Waals surface area contributed by atoms with Gasteiger partial charge in [0.25, 0.3) is 0 Å². The highest BCUT2D eigenvalue weighted by atomic mass is 16.5. The molecule has 0 saturated carbocycles. The first kappa shape index (κ1) is 13.9. The number of phenolic OH excluding ortho intramolecular Hbond substituents is 1. The maximum Gasteiger partial charge on any atom is 0.124 e. The molecule has 1 heterocycles. The van der Waals surface area contributed by atoms with Crippen molar-refractivity contribution >= 4 is 22.8 Å². The van der Waals surface area contributed by atoms with Crippen LogP contribution in [0.15, 0.2) is 59.8 Å². The molecule has 0 aliphatic carbocycles. The summed E-state index contributed by atoms with van der Waals surface area (Å²) in [5, 5.41) is 15.0. The molecule has 0 amide bonds. The van der Waals surface area contributed by atoms with E-state index in [1.807, 2.05) is 30.3 Å². The minimum atomic E-state index is 0.141. The first-order valence-corrected chi connectivity index (χ1v) is 6.78. The van der Waals surface area contributed by atoms with Crippen LogP contribution in [-0.4, -0.2) is 23.4 Å². The zero-order valence-electron chi connectivity index (χ0n) is 12.0. The van der Waals surface area contributed by atoms with E-state index in [0.29, 0.717) is 11.3 Å². The van der Waals surface area contributed by atoms with Gasteiger partial charge in [0, 0.05) is 17.1 Å². The molecule has 0 spiro atoms. The zero-order valence-corrected chi connectivity index (χ0v) is 12.0. The molecule has 0 aliphatic heterocycles.